The Bertz CT molecular complexity index is 1070. The summed E-state index contributed by atoms with van der Waals surface area (Å²) in [5, 5.41) is 3.81. The van der Waals surface area contributed by atoms with Crippen LogP contribution in [-0.2, 0) is 17.1 Å². The Balaban J connectivity index is 1.27. The van der Waals surface area contributed by atoms with Crippen LogP contribution in [0.5, 0.6) is 0 Å². The number of halogens is 1. The van der Waals surface area contributed by atoms with Crippen molar-refractivity contribution in [1.29, 1.82) is 0 Å². The zero-order chi connectivity index (χ0) is 21.1. The number of rotatable bonds is 7. The maximum atomic E-state index is 12.9. The molecule has 1 amide bonds. The van der Waals surface area contributed by atoms with E-state index in [1.54, 1.807) is 46.4 Å². The number of hydrogen-bond acceptors (Lipinski definition) is 4. The number of amides is 1. The van der Waals surface area contributed by atoms with Crippen LogP contribution in [0.15, 0.2) is 41.8 Å². The number of fused-ring (bicyclic) bond motifs is 1. The molecule has 2 unspecified atom stereocenters. The Morgan fingerprint density at radius 2 is 1.90 bits per heavy atom. The van der Waals surface area contributed by atoms with Gasteiger partial charge in [0, 0.05) is 43.5 Å². The van der Waals surface area contributed by atoms with E-state index in [0.29, 0.717) is 48.0 Å². The number of carbonyl (C=O) groups excluding carboxylic acids is 1. The van der Waals surface area contributed by atoms with Crippen molar-refractivity contribution >= 4 is 27.5 Å². The molecule has 9 heteroatoms. The van der Waals surface area contributed by atoms with E-state index in [1.807, 2.05) is 0 Å². The van der Waals surface area contributed by atoms with Crippen molar-refractivity contribution in [1.82, 2.24) is 19.2 Å². The van der Waals surface area contributed by atoms with Gasteiger partial charge in [-0.1, -0.05) is 24.4 Å². The minimum atomic E-state index is -3.56. The first-order valence-corrected chi connectivity index (χ1v) is 12.1. The minimum Gasteiger partial charge on any atom is -0.351 e. The summed E-state index contributed by atoms with van der Waals surface area (Å²) < 4.78 is 29.0. The normalized spacial score (nSPS) is 28.3. The van der Waals surface area contributed by atoms with Gasteiger partial charge in [-0.15, -0.1) is 0 Å². The second-order valence-electron chi connectivity index (χ2n) is 8.98. The van der Waals surface area contributed by atoms with Crippen LogP contribution in [-0.4, -0.2) is 47.8 Å². The van der Waals surface area contributed by atoms with E-state index in [1.165, 1.54) is 19.2 Å². The molecule has 0 radical (unpaired) electrons. The summed E-state index contributed by atoms with van der Waals surface area (Å²) in [5.74, 6) is 1.19. The third-order valence-electron chi connectivity index (χ3n) is 6.99. The van der Waals surface area contributed by atoms with Crippen LogP contribution in [0.2, 0.25) is 5.02 Å². The first kappa shape index (κ1) is 20.0. The number of nitrogens with zero attached hydrogens (tertiary/aromatic N) is 3. The molecule has 7 nitrogen and oxygen atoms in total. The van der Waals surface area contributed by atoms with Gasteiger partial charge >= 0.3 is 0 Å². The minimum absolute atomic E-state index is 0.0133. The molecule has 2 saturated carbocycles. The average Bonchev–Trinajstić information content (AvgIpc) is 3.47. The zero-order valence-electron chi connectivity index (χ0n) is 16.8. The smallest absolute Gasteiger partial charge is 0.262 e. The summed E-state index contributed by atoms with van der Waals surface area (Å²) in [4.78, 5) is 16.6. The lowest BCUT2D eigenvalue weighted by atomic mass is 9.92. The molecule has 5 rings (SSSR count). The zero-order valence-corrected chi connectivity index (χ0v) is 18.4. The molecule has 2 heterocycles. The molecule has 3 fully saturated rings. The van der Waals surface area contributed by atoms with Crippen LogP contribution in [0.3, 0.4) is 0 Å². The molecule has 0 spiro atoms. The molecule has 2 atom stereocenters. The van der Waals surface area contributed by atoms with Gasteiger partial charge in [-0.3, -0.25) is 4.79 Å². The fourth-order valence-corrected chi connectivity index (χ4v) is 6.68. The Morgan fingerprint density at radius 3 is 2.47 bits per heavy atom. The summed E-state index contributed by atoms with van der Waals surface area (Å²) in [7, 11) is -1.80. The van der Waals surface area contributed by atoms with Crippen molar-refractivity contribution in [3.63, 3.8) is 0 Å². The fourth-order valence-electron chi connectivity index (χ4n) is 5.10. The van der Waals surface area contributed by atoms with Crippen molar-refractivity contribution in [2.45, 2.75) is 24.3 Å². The first-order chi connectivity index (χ1) is 14.3. The van der Waals surface area contributed by atoms with Gasteiger partial charge in [0.1, 0.15) is 0 Å². The molecule has 1 aromatic heterocycles. The molecule has 2 aliphatic carbocycles. The van der Waals surface area contributed by atoms with Gasteiger partial charge in [0.05, 0.1) is 6.33 Å². The Kier molecular flexibility index (Phi) is 4.72. The Hall–Kier alpha value is -1.90. The van der Waals surface area contributed by atoms with Crippen molar-refractivity contribution < 1.29 is 13.2 Å². The van der Waals surface area contributed by atoms with Gasteiger partial charge in [-0.05, 0) is 53.9 Å². The van der Waals surface area contributed by atoms with Crippen LogP contribution in [0.4, 0.5) is 0 Å². The summed E-state index contributed by atoms with van der Waals surface area (Å²) in [6, 6.07) is 6.87. The van der Waals surface area contributed by atoms with Gasteiger partial charge in [-0.2, -0.15) is 4.31 Å². The molecule has 1 aromatic carbocycles. The quantitative estimate of drug-likeness (QED) is 0.705. The summed E-state index contributed by atoms with van der Waals surface area (Å²) in [6.07, 6.45) is 6.60. The number of aromatic nitrogens is 2. The molecule has 160 valence electrons. The second kappa shape index (κ2) is 7.07. The topological polar surface area (TPSA) is 84.3 Å². The highest BCUT2D eigenvalue weighted by atomic mass is 35.5. The Labute approximate surface area is 181 Å². The van der Waals surface area contributed by atoms with Crippen LogP contribution in [0, 0.1) is 23.2 Å². The molecule has 3 aliphatic rings. The van der Waals surface area contributed by atoms with Crippen molar-refractivity contribution in [2.24, 2.45) is 30.2 Å². The lowest BCUT2D eigenvalue weighted by molar-refractivity contribution is 0.0937. The third-order valence-corrected chi connectivity index (χ3v) is 8.96. The van der Waals surface area contributed by atoms with Gasteiger partial charge in [-0.25, -0.2) is 13.4 Å². The SMILES string of the molecule is Cn1cnc(S(=O)(=O)N2CC3C(C2)C3(CNC(=O)c2ccc(Cl)cc2)CC2CC2)c1. The van der Waals surface area contributed by atoms with E-state index in [9.17, 15) is 13.2 Å². The number of hydrogen-bond donors (Lipinski definition) is 1. The Morgan fingerprint density at radius 1 is 1.23 bits per heavy atom. The van der Waals surface area contributed by atoms with Crippen molar-refractivity contribution in [2.75, 3.05) is 19.6 Å². The van der Waals surface area contributed by atoms with Crippen molar-refractivity contribution in [3.8, 4) is 0 Å². The van der Waals surface area contributed by atoms with Gasteiger partial charge < -0.3 is 9.88 Å². The van der Waals surface area contributed by atoms with Gasteiger partial charge in [0.15, 0.2) is 5.03 Å². The maximum Gasteiger partial charge on any atom is 0.262 e. The second-order valence-corrected chi connectivity index (χ2v) is 11.3. The number of piperidine rings is 1. The molecule has 1 N–H and O–H groups in total. The number of imidazole rings is 1. The molecule has 30 heavy (non-hydrogen) atoms. The highest BCUT2D eigenvalue weighted by Crippen LogP contribution is 2.67. The molecule has 0 bridgehead atoms. The summed E-state index contributed by atoms with van der Waals surface area (Å²) >= 11 is 5.91. The van der Waals surface area contributed by atoms with E-state index in [2.05, 4.69) is 10.3 Å². The lowest BCUT2D eigenvalue weighted by Crippen LogP contribution is -2.39. The standard InChI is InChI=1S/C21H25ClN4O3S/c1-25-11-19(24-13-25)30(28,29)26-9-17-18(10-26)21(17,8-14-2-3-14)12-23-20(27)15-4-6-16(22)7-5-15/h4-7,11,13-14,17-18H,2-3,8-10,12H2,1H3,(H,23,27). The van der Waals surface area contributed by atoms with Crippen LogP contribution in [0.1, 0.15) is 29.6 Å². The molecular formula is C21H25ClN4O3S. The number of sulfonamides is 1. The summed E-state index contributed by atoms with van der Waals surface area (Å²) in [6.45, 7) is 1.61. The van der Waals surface area contributed by atoms with E-state index in [4.69, 9.17) is 11.6 Å². The number of benzene rings is 1. The van der Waals surface area contributed by atoms with Crippen molar-refractivity contribution in [3.05, 3.63) is 47.4 Å². The molecule has 1 aliphatic heterocycles. The van der Waals surface area contributed by atoms with E-state index >= 15 is 0 Å². The number of nitrogens with one attached hydrogen (secondary N) is 1. The molecule has 2 aromatic rings. The van der Waals surface area contributed by atoms with Gasteiger partial charge in [0.25, 0.3) is 15.9 Å². The van der Waals surface area contributed by atoms with Crippen LogP contribution >= 0.6 is 11.6 Å². The van der Waals surface area contributed by atoms with Crippen LogP contribution < -0.4 is 5.32 Å². The van der Waals surface area contributed by atoms with Gasteiger partial charge in [0.2, 0.25) is 0 Å². The highest BCUT2D eigenvalue weighted by Gasteiger charge is 2.69. The monoisotopic (exact) mass is 448 g/mol. The number of aryl methyl sites for hydroxylation is 1. The van der Waals surface area contributed by atoms with Crippen LogP contribution in [0.25, 0.3) is 0 Å². The van der Waals surface area contributed by atoms with E-state index in [-0.39, 0.29) is 16.3 Å². The average molecular weight is 449 g/mol. The summed E-state index contributed by atoms with van der Waals surface area (Å²) in [5.41, 5.74) is 0.602. The third kappa shape index (κ3) is 3.44. The predicted octanol–water partition coefficient (Wildman–Crippen LogP) is 2.54. The van der Waals surface area contributed by atoms with E-state index < -0.39 is 10.0 Å². The largest absolute Gasteiger partial charge is 0.351 e. The highest BCUT2D eigenvalue weighted by molar-refractivity contribution is 7.89. The van der Waals surface area contributed by atoms with E-state index in [0.717, 1.165) is 6.42 Å². The number of carbonyl (C=O) groups is 1. The predicted molar refractivity (Wildman–Crippen MR) is 113 cm³/mol. The molecule has 1 saturated heterocycles. The fraction of sp³-hybridized carbons (Fsp3) is 0.524. The first-order valence-electron chi connectivity index (χ1n) is 10.3. The lowest BCUT2D eigenvalue weighted by Gasteiger charge is -2.26. The molecular weight excluding hydrogens is 424 g/mol. The maximum absolute atomic E-state index is 12.9.